The maximum atomic E-state index is 11.9. The molecule has 0 spiro atoms. The summed E-state index contributed by atoms with van der Waals surface area (Å²) in [5.74, 6) is 0.884. The van der Waals surface area contributed by atoms with E-state index in [1.54, 1.807) is 20.2 Å². The van der Waals surface area contributed by atoms with Gasteiger partial charge in [0.25, 0.3) is 5.91 Å². The molecule has 5 nitrogen and oxygen atoms in total. The summed E-state index contributed by atoms with van der Waals surface area (Å²) in [6, 6.07) is 3.57. The highest BCUT2D eigenvalue weighted by molar-refractivity contribution is 5.95. The largest absolute Gasteiger partial charge is 0.383 e. The SMILES string of the molecule is CNc1cc(C(=O)NCCOC)cc(C(C)C)n1. The second kappa shape index (κ2) is 6.96. The number of pyridine rings is 1. The molecule has 100 valence electrons. The number of nitrogens with zero attached hydrogens (tertiary/aromatic N) is 1. The third-order valence-electron chi connectivity index (χ3n) is 2.55. The first kappa shape index (κ1) is 14.4. The van der Waals surface area contributed by atoms with Crippen molar-refractivity contribution in [2.75, 3.05) is 32.6 Å². The van der Waals surface area contributed by atoms with Crippen LogP contribution in [0.5, 0.6) is 0 Å². The smallest absolute Gasteiger partial charge is 0.251 e. The Morgan fingerprint density at radius 1 is 1.44 bits per heavy atom. The minimum absolute atomic E-state index is 0.104. The second-order valence-electron chi connectivity index (χ2n) is 4.32. The van der Waals surface area contributed by atoms with Gasteiger partial charge in [0.1, 0.15) is 5.82 Å². The van der Waals surface area contributed by atoms with Gasteiger partial charge in [-0.3, -0.25) is 4.79 Å². The highest BCUT2D eigenvalue weighted by atomic mass is 16.5. The molecule has 0 aromatic carbocycles. The molecule has 0 radical (unpaired) electrons. The number of amides is 1. The highest BCUT2D eigenvalue weighted by Crippen LogP contribution is 2.17. The van der Waals surface area contributed by atoms with Crippen molar-refractivity contribution in [2.24, 2.45) is 0 Å². The van der Waals surface area contributed by atoms with E-state index in [1.165, 1.54) is 0 Å². The maximum Gasteiger partial charge on any atom is 0.251 e. The summed E-state index contributed by atoms with van der Waals surface area (Å²) in [6.07, 6.45) is 0. The molecule has 0 saturated heterocycles. The number of hydrogen-bond acceptors (Lipinski definition) is 4. The van der Waals surface area contributed by atoms with E-state index >= 15 is 0 Å². The van der Waals surface area contributed by atoms with Gasteiger partial charge in [-0.1, -0.05) is 13.8 Å². The normalized spacial score (nSPS) is 10.5. The third-order valence-corrected chi connectivity index (χ3v) is 2.55. The fraction of sp³-hybridized carbons (Fsp3) is 0.538. The van der Waals surface area contributed by atoms with Gasteiger partial charge in [-0.25, -0.2) is 4.98 Å². The molecular weight excluding hydrogens is 230 g/mol. The third kappa shape index (κ3) is 4.00. The fourth-order valence-corrected chi connectivity index (χ4v) is 1.48. The van der Waals surface area contributed by atoms with Crippen LogP contribution in [0.2, 0.25) is 0 Å². The van der Waals surface area contributed by atoms with Gasteiger partial charge < -0.3 is 15.4 Å². The first-order valence-corrected chi connectivity index (χ1v) is 6.05. The number of carbonyl (C=O) groups is 1. The predicted octanol–water partition coefficient (Wildman–Crippen LogP) is 1.62. The van der Waals surface area contributed by atoms with Crippen molar-refractivity contribution in [3.63, 3.8) is 0 Å². The van der Waals surface area contributed by atoms with Crippen molar-refractivity contribution in [2.45, 2.75) is 19.8 Å². The van der Waals surface area contributed by atoms with E-state index in [1.807, 2.05) is 19.9 Å². The van der Waals surface area contributed by atoms with Gasteiger partial charge in [-0.2, -0.15) is 0 Å². The second-order valence-corrected chi connectivity index (χ2v) is 4.32. The van der Waals surface area contributed by atoms with E-state index in [0.29, 0.717) is 24.5 Å². The Balaban J connectivity index is 2.86. The quantitative estimate of drug-likeness (QED) is 0.754. The van der Waals surface area contributed by atoms with Crippen LogP contribution >= 0.6 is 0 Å². The molecule has 0 unspecified atom stereocenters. The van der Waals surface area contributed by atoms with Gasteiger partial charge in [0.15, 0.2) is 0 Å². The van der Waals surface area contributed by atoms with Gasteiger partial charge in [-0.05, 0) is 18.1 Å². The molecule has 0 aliphatic carbocycles. The van der Waals surface area contributed by atoms with Crippen molar-refractivity contribution < 1.29 is 9.53 Å². The Hall–Kier alpha value is -1.62. The van der Waals surface area contributed by atoms with Gasteiger partial charge >= 0.3 is 0 Å². The lowest BCUT2D eigenvalue weighted by Crippen LogP contribution is -2.27. The predicted molar refractivity (Wildman–Crippen MR) is 72.1 cm³/mol. The number of rotatable bonds is 6. The zero-order valence-corrected chi connectivity index (χ0v) is 11.4. The molecule has 1 aromatic rings. The summed E-state index contributed by atoms with van der Waals surface area (Å²) in [6.45, 7) is 5.11. The first-order chi connectivity index (χ1) is 8.58. The molecule has 1 heterocycles. The van der Waals surface area contributed by atoms with Gasteiger partial charge in [-0.15, -0.1) is 0 Å². The number of methoxy groups -OCH3 is 1. The van der Waals surface area contributed by atoms with Crippen LogP contribution in [0.15, 0.2) is 12.1 Å². The maximum absolute atomic E-state index is 11.9. The van der Waals surface area contributed by atoms with Crippen molar-refractivity contribution in [1.29, 1.82) is 0 Å². The van der Waals surface area contributed by atoms with E-state index in [9.17, 15) is 4.79 Å². The molecule has 2 N–H and O–H groups in total. The minimum Gasteiger partial charge on any atom is -0.383 e. The van der Waals surface area contributed by atoms with Gasteiger partial charge in [0, 0.05) is 32.0 Å². The number of nitrogens with one attached hydrogen (secondary N) is 2. The van der Waals surface area contributed by atoms with Gasteiger partial charge in [0.05, 0.1) is 6.61 Å². The highest BCUT2D eigenvalue weighted by Gasteiger charge is 2.11. The number of carbonyl (C=O) groups excluding carboxylic acids is 1. The van der Waals surface area contributed by atoms with E-state index in [-0.39, 0.29) is 11.8 Å². The summed E-state index contributed by atoms with van der Waals surface area (Å²) in [7, 11) is 3.40. The number of ether oxygens (including phenoxy) is 1. The number of anilines is 1. The Morgan fingerprint density at radius 3 is 2.72 bits per heavy atom. The number of hydrogen-bond donors (Lipinski definition) is 2. The lowest BCUT2D eigenvalue weighted by Gasteiger charge is -2.11. The molecule has 0 bridgehead atoms. The average molecular weight is 251 g/mol. The molecule has 0 fully saturated rings. The van der Waals surface area contributed by atoms with E-state index in [2.05, 4.69) is 15.6 Å². The van der Waals surface area contributed by atoms with Crippen molar-refractivity contribution in [1.82, 2.24) is 10.3 Å². The molecule has 0 aliphatic heterocycles. The lowest BCUT2D eigenvalue weighted by atomic mass is 10.1. The van der Waals surface area contributed by atoms with Crippen LogP contribution in [0.1, 0.15) is 35.8 Å². The molecule has 0 atom stereocenters. The Labute approximate surface area is 108 Å². The summed E-state index contributed by atoms with van der Waals surface area (Å²) in [4.78, 5) is 16.4. The van der Waals surface area contributed by atoms with Crippen LogP contribution in [-0.4, -0.2) is 38.2 Å². The van der Waals surface area contributed by atoms with Crippen LogP contribution in [0.3, 0.4) is 0 Å². The Kier molecular flexibility index (Phi) is 5.58. The van der Waals surface area contributed by atoms with Crippen molar-refractivity contribution >= 4 is 11.7 Å². The van der Waals surface area contributed by atoms with Gasteiger partial charge in [0.2, 0.25) is 0 Å². The standard InChI is InChI=1S/C13H21N3O2/c1-9(2)11-7-10(8-12(14-3)16-11)13(17)15-5-6-18-4/h7-9H,5-6H2,1-4H3,(H,14,16)(H,15,17). The van der Waals surface area contributed by atoms with Crippen LogP contribution in [-0.2, 0) is 4.74 Å². The molecule has 18 heavy (non-hydrogen) atoms. The summed E-state index contributed by atoms with van der Waals surface area (Å²) < 4.78 is 4.90. The molecule has 1 aromatic heterocycles. The van der Waals surface area contributed by atoms with Crippen LogP contribution in [0.4, 0.5) is 5.82 Å². The van der Waals surface area contributed by atoms with Crippen LogP contribution < -0.4 is 10.6 Å². The van der Waals surface area contributed by atoms with E-state index in [4.69, 9.17) is 4.74 Å². The zero-order valence-electron chi connectivity index (χ0n) is 11.4. The Morgan fingerprint density at radius 2 is 2.17 bits per heavy atom. The Bertz CT molecular complexity index is 405. The topological polar surface area (TPSA) is 63.2 Å². The number of aromatic nitrogens is 1. The minimum atomic E-state index is -0.104. The monoisotopic (exact) mass is 251 g/mol. The molecule has 0 aliphatic rings. The fourth-order valence-electron chi connectivity index (χ4n) is 1.48. The molecule has 1 rings (SSSR count). The molecular formula is C13H21N3O2. The first-order valence-electron chi connectivity index (χ1n) is 6.05. The van der Waals surface area contributed by atoms with Crippen molar-refractivity contribution in [3.05, 3.63) is 23.4 Å². The molecule has 1 amide bonds. The van der Waals surface area contributed by atoms with Crippen LogP contribution in [0, 0.1) is 0 Å². The van der Waals surface area contributed by atoms with E-state index in [0.717, 1.165) is 5.69 Å². The zero-order chi connectivity index (χ0) is 13.5. The lowest BCUT2D eigenvalue weighted by molar-refractivity contribution is 0.0937. The summed E-state index contributed by atoms with van der Waals surface area (Å²) in [5, 5.41) is 5.77. The van der Waals surface area contributed by atoms with E-state index < -0.39 is 0 Å². The summed E-state index contributed by atoms with van der Waals surface area (Å²) >= 11 is 0. The summed E-state index contributed by atoms with van der Waals surface area (Å²) in [5.41, 5.74) is 1.52. The molecule has 5 heteroatoms. The van der Waals surface area contributed by atoms with Crippen molar-refractivity contribution in [3.8, 4) is 0 Å². The average Bonchev–Trinajstić information content (AvgIpc) is 2.38. The molecule has 0 saturated carbocycles. The van der Waals surface area contributed by atoms with Crippen LogP contribution in [0.25, 0.3) is 0 Å².